The molecule has 2 rings (SSSR count). The number of nitrogens with one attached hydrogen (secondary N) is 1. The zero-order valence-corrected chi connectivity index (χ0v) is 9.18. The third-order valence-corrected chi connectivity index (χ3v) is 2.47. The van der Waals surface area contributed by atoms with Crippen molar-refractivity contribution in [1.29, 1.82) is 0 Å². The quantitative estimate of drug-likeness (QED) is 0.821. The highest BCUT2D eigenvalue weighted by molar-refractivity contribution is 5.44. The van der Waals surface area contributed by atoms with Crippen molar-refractivity contribution in [3.63, 3.8) is 0 Å². The Morgan fingerprint density at radius 2 is 2.38 bits per heavy atom. The van der Waals surface area contributed by atoms with Crippen LogP contribution in [0.3, 0.4) is 0 Å². The lowest BCUT2D eigenvalue weighted by molar-refractivity contribution is 0.553. The van der Waals surface area contributed by atoms with Gasteiger partial charge in [-0.25, -0.2) is 4.98 Å². The Kier molecular flexibility index (Phi) is 3.22. The predicted octanol–water partition coefficient (Wildman–Crippen LogP) is 1.96. The highest BCUT2D eigenvalue weighted by Crippen LogP contribution is 2.25. The van der Waals surface area contributed by atoms with Crippen LogP contribution in [0.15, 0.2) is 41.3 Å². The van der Waals surface area contributed by atoms with E-state index < -0.39 is 0 Å². The zero-order valence-electron chi connectivity index (χ0n) is 9.18. The van der Waals surface area contributed by atoms with Crippen molar-refractivity contribution in [2.24, 2.45) is 0 Å². The van der Waals surface area contributed by atoms with E-state index >= 15 is 0 Å². The van der Waals surface area contributed by atoms with Crippen LogP contribution in [0.1, 0.15) is 24.1 Å². The predicted molar refractivity (Wildman–Crippen MR) is 62.9 cm³/mol. The molecular formula is C12H15N3O. The molecule has 0 fully saturated rings. The smallest absolute Gasteiger partial charge is 0.128 e. The minimum atomic E-state index is 0.0393. The summed E-state index contributed by atoms with van der Waals surface area (Å²) >= 11 is 0. The molecule has 16 heavy (non-hydrogen) atoms. The standard InChI is InChI=1S/C12H15N3O/c1-2-14-11(9-5-7-16-8-9)10-4-3-6-15-12(10)13/h3-8,11,14H,2H2,1H3,(H2,13,15). The van der Waals surface area contributed by atoms with Crippen molar-refractivity contribution < 1.29 is 4.42 Å². The normalized spacial score (nSPS) is 12.6. The first-order valence-corrected chi connectivity index (χ1v) is 5.28. The average Bonchev–Trinajstić information content (AvgIpc) is 2.80. The Morgan fingerprint density at radius 1 is 1.50 bits per heavy atom. The van der Waals surface area contributed by atoms with Gasteiger partial charge in [0.25, 0.3) is 0 Å². The Labute approximate surface area is 94.5 Å². The molecule has 0 bridgehead atoms. The fourth-order valence-electron chi connectivity index (χ4n) is 1.72. The van der Waals surface area contributed by atoms with E-state index in [4.69, 9.17) is 10.2 Å². The summed E-state index contributed by atoms with van der Waals surface area (Å²) in [6.07, 6.45) is 5.07. The van der Waals surface area contributed by atoms with Crippen molar-refractivity contribution in [3.05, 3.63) is 48.0 Å². The summed E-state index contributed by atoms with van der Waals surface area (Å²) in [6, 6.07) is 5.83. The van der Waals surface area contributed by atoms with Crippen molar-refractivity contribution >= 4 is 5.82 Å². The first-order chi connectivity index (χ1) is 7.83. The first kappa shape index (κ1) is 10.7. The molecule has 4 heteroatoms. The number of hydrogen-bond acceptors (Lipinski definition) is 4. The molecule has 0 aliphatic heterocycles. The maximum Gasteiger partial charge on any atom is 0.128 e. The molecule has 0 aliphatic carbocycles. The summed E-state index contributed by atoms with van der Waals surface area (Å²) < 4.78 is 5.10. The lowest BCUT2D eigenvalue weighted by Gasteiger charge is -2.17. The van der Waals surface area contributed by atoms with E-state index in [0.29, 0.717) is 5.82 Å². The zero-order chi connectivity index (χ0) is 11.4. The van der Waals surface area contributed by atoms with Gasteiger partial charge in [-0.15, -0.1) is 0 Å². The molecular weight excluding hydrogens is 202 g/mol. The van der Waals surface area contributed by atoms with E-state index in [1.807, 2.05) is 18.2 Å². The SMILES string of the molecule is CCNC(c1ccoc1)c1cccnc1N. The van der Waals surface area contributed by atoms with Gasteiger partial charge in [-0.3, -0.25) is 0 Å². The Balaban J connectivity index is 2.37. The van der Waals surface area contributed by atoms with Crippen molar-refractivity contribution in [2.45, 2.75) is 13.0 Å². The highest BCUT2D eigenvalue weighted by Gasteiger charge is 2.16. The van der Waals surface area contributed by atoms with Gasteiger partial charge in [-0.1, -0.05) is 13.0 Å². The lowest BCUT2D eigenvalue weighted by Crippen LogP contribution is -2.22. The molecule has 0 aromatic carbocycles. The summed E-state index contributed by atoms with van der Waals surface area (Å²) in [5.41, 5.74) is 7.91. The molecule has 4 nitrogen and oxygen atoms in total. The van der Waals surface area contributed by atoms with Gasteiger partial charge in [0.2, 0.25) is 0 Å². The molecule has 0 saturated heterocycles. The molecule has 1 atom stereocenters. The Bertz CT molecular complexity index is 439. The van der Waals surface area contributed by atoms with Gasteiger partial charge in [0.1, 0.15) is 5.82 Å². The third kappa shape index (κ3) is 2.06. The van der Waals surface area contributed by atoms with Gasteiger partial charge >= 0.3 is 0 Å². The first-order valence-electron chi connectivity index (χ1n) is 5.28. The molecule has 0 spiro atoms. The number of nitrogens with zero attached hydrogens (tertiary/aromatic N) is 1. The van der Waals surface area contributed by atoms with Crippen LogP contribution in [0.5, 0.6) is 0 Å². The van der Waals surface area contributed by atoms with E-state index in [1.165, 1.54) is 0 Å². The summed E-state index contributed by atoms with van der Waals surface area (Å²) in [6.45, 7) is 2.91. The number of pyridine rings is 1. The van der Waals surface area contributed by atoms with E-state index in [9.17, 15) is 0 Å². The van der Waals surface area contributed by atoms with Crippen molar-refractivity contribution in [3.8, 4) is 0 Å². The topological polar surface area (TPSA) is 64.1 Å². The molecule has 0 radical (unpaired) electrons. The van der Waals surface area contributed by atoms with E-state index in [0.717, 1.165) is 17.7 Å². The van der Waals surface area contributed by atoms with Crippen LogP contribution in [0.4, 0.5) is 5.82 Å². The van der Waals surface area contributed by atoms with Crippen molar-refractivity contribution in [1.82, 2.24) is 10.3 Å². The Hall–Kier alpha value is -1.81. The molecule has 2 heterocycles. The van der Waals surface area contributed by atoms with E-state index in [-0.39, 0.29) is 6.04 Å². The van der Waals surface area contributed by atoms with Gasteiger partial charge in [0.05, 0.1) is 18.6 Å². The number of aromatic nitrogens is 1. The molecule has 2 aromatic heterocycles. The number of rotatable bonds is 4. The summed E-state index contributed by atoms with van der Waals surface area (Å²) in [5, 5.41) is 3.36. The minimum absolute atomic E-state index is 0.0393. The van der Waals surface area contributed by atoms with Crippen LogP contribution in [0.25, 0.3) is 0 Å². The summed E-state index contributed by atoms with van der Waals surface area (Å²) in [5.74, 6) is 0.551. The minimum Gasteiger partial charge on any atom is -0.472 e. The van der Waals surface area contributed by atoms with Crippen molar-refractivity contribution in [2.75, 3.05) is 12.3 Å². The number of anilines is 1. The van der Waals surface area contributed by atoms with Crippen LogP contribution in [0.2, 0.25) is 0 Å². The third-order valence-electron chi connectivity index (χ3n) is 2.47. The van der Waals surface area contributed by atoms with E-state index in [1.54, 1.807) is 18.7 Å². The number of nitrogen functional groups attached to an aromatic ring is 1. The van der Waals surface area contributed by atoms with Crippen LogP contribution in [-0.2, 0) is 0 Å². The number of nitrogens with two attached hydrogens (primary N) is 1. The molecule has 2 aromatic rings. The molecule has 0 saturated carbocycles. The monoisotopic (exact) mass is 217 g/mol. The molecule has 84 valence electrons. The van der Waals surface area contributed by atoms with Gasteiger partial charge in [-0.05, 0) is 18.7 Å². The van der Waals surface area contributed by atoms with Gasteiger partial charge in [0, 0.05) is 17.3 Å². The maximum atomic E-state index is 5.88. The van der Waals surface area contributed by atoms with Crippen LogP contribution in [0, 0.1) is 0 Å². The number of furan rings is 1. The highest BCUT2D eigenvalue weighted by atomic mass is 16.3. The van der Waals surface area contributed by atoms with Crippen LogP contribution in [-0.4, -0.2) is 11.5 Å². The second-order valence-electron chi connectivity index (χ2n) is 3.53. The fourth-order valence-corrected chi connectivity index (χ4v) is 1.72. The molecule has 0 amide bonds. The molecule has 3 N–H and O–H groups in total. The second-order valence-corrected chi connectivity index (χ2v) is 3.53. The summed E-state index contributed by atoms with van der Waals surface area (Å²) in [4.78, 5) is 4.10. The Morgan fingerprint density at radius 3 is 3.00 bits per heavy atom. The average molecular weight is 217 g/mol. The second kappa shape index (κ2) is 4.81. The van der Waals surface area contributed by atoms with Gasteiger partial charge in [0.15, 0.2) is 0 Å². The maximum absolute atomic E-state index is 5.88. The van der Waals surface area contributed by atoms with Gasteiger partial charge < -0.3 is 15.5 Å². The molecule has 1 unspecified atom stereocenters. The lowest BCUT2D eigenvalue weighted by atomic mass is 10.0. The fraction of sp³-hybridized carbons (Fsp3) is 0.250. The molecule has 0 aliphatic rings. The van der Waals surface area contributed by atoms with Crippen LogP contribution < -0.4 is 11.1 Å². The largest absolute Gasteiger partial charge is 0.472 e. The summed E-state index contributed by atoms with van der Waals surface area (Å²) in [7, 11) is 0. The van der Waals surface area contributed by atoms with Gasteiger partial charge in [-0.2, -0.15) is 0 Å². The van der Waals surface area contributed by atoms with Crippen LogP contribution >= 0.6 is 0 Å². The van der Waals surface area contributed by atoms with E-state index in [2.05, 4.69) is 17.2 Å². The number of hydrogen-bond donors (Lipinski definition) is 2.